The van der Waals surface area contributed by atoms with Gasteiger partial charge in [-0.1, -0.05) is 37.3 Å². The van der Waals surface area contributed by atoms with E-state index in [9.17, 15) is 9.18 Å². The predicted molar refractivity (Wildman–Crippen MR) is 104 cm³/mol. The number of para-hydroxylation sites is 1. The number of rotatable bonds is 6. The summed E-state index contributed by atoms with van der Waals surface area (Å²) >= 11 is 0. The second-order valence-electron chi connectivity index (χ2n) is 6.89. The third-order valence-electron chi connectivity index (χ3n) is 4.97. The first-order valence-electron chi connectivity index (χ1n) is 9.61. The molecule has 144 valence electrons. The summed E-state index contributed by atoms with van der Waals surface area (Å²) in [6.07, 6.45) is 1.81. The summed E-state index contributed by atoms with van der Waals surface area (Å²) in [5, 5.41) is 0. The largest absolute Gasteiger partial charge is 0.483 e. The lowest BCUT2D eigenvalue weighted by molar-refractivity contribution is -0.133. The summed E-state index contributed by atoms with van der Waals surface area (Å²) in [4.78, 5) is 16.8. The lowest BCUT2D eigenvalue weighted by Crippen LogP contribution is -2.38. The van der Waals surface area contributed by atoms with E-state index in [1.54, 1.807) is 0 Å². The lowest BCUT2D eigenvalue weighted by atomic mass is 10.1. The number of ether oxygens (including phenoxy) is 1. The maximum Gasteiger partial charge on any atom is 0.260 e. The highest BCUT2D eigenvalue weighted by atomic mass is 19.1. The normalized spacial score (nSPS) is 15.4. The van der Waals surface area contributed by atoms with Crippen molar-refractivity contribution in [1.29, 1.82) is 0 Å². The van der Waals surface area contributed by atoms with Gasteiger partial charge in [0.2, 0.25) is 0 Å². The highest BCUT2D eigenvalue weighted by molar-refractivity contribution is 5.77. The molecule has 0 unspecified atom stereocenters. The molecule has 1 aliphatic heterocycles. The van der Waals surface area contributed by atoms with Crippen molar-refractivity contribution in [3.63, 3.8) is 0 Å². The molecule has 1 fully saturated rings. The maximum absolute atomic E-state index is 13.0. The zero-order chi connectivity index (χ0) is 19.1. The molecule has 1 heterocycles. The minimum atomic E-state index is -0.212. The van der Waals surface area contributed by atoms with Gasteiger partial charge in [-0.25, -0.2) is 4.39 Å². The molecule has 0 saturated carbocycles. The van der Waals surface area contributed by atoms with Crippen LogP contribution in [0.4, 0.5) is 4.39 Å². The zero-order valence-corrected chi connectivity index (χ0v) is 15.9. The van der Waals surface area contributed by atoms with Gasteiger partial charge in [0.25, 0.3) is 5.91 Å². The van der Waals surface area contributed by atoms with Gasteiger partial charge in [-0.15, -0.1) is 0 Å². The Morgan fingerprint density at radius 1 is 1.04 bits per heavy atom. The number of hydrogen-bond acceptors (Lipinski definition) is 3. The Balaban J connectivity index is 1.49. The third-order valence-corrected chi connectivity index (χ3v) is 4.97. The molecule has 0 spiro atoms. The zero-order valence-electron chi connectivity index (χ0n) is 15.9. The first-order valence-corrected chi connectivity index (χ1v) is 9.61. The SMILES string of the molecule is CCc1ccccc1OCC(=O)N1CCCN(Cc2ccc(F)cc2)CC1. The first-order chi connectivity index (χ1) is 13.2. The van der Waals surface area contributed by atoms with Crippen LogP contribution in [0.1, 0.15) is 24.5 Å². The number of halogens is 1. The Labute approximate surface area is 160 Å². The van der Waals surface area contributed by atoms with Crippen LogP contribution in [0.3, 0.4) is 0 Å². The fourth-order valence-electron chi connectivity index (χ4n) is 3.39. The first kappa shape index (κ1) is 19.4. The lowest BCUT2D eigenvalue weighted by Gasteiger charge is -2.22. The smallest absolute Gasteiger partial charge is 0.260 e. The second-order valence-corrected chi connectivity index (χ2v) is 6.89. The molecular formula is C22H27FN2O2. The molecule has 1 saturated heterocycles. The molecule has 27 heavy (non-hydrogen) atoms. The monoisotopic (exact) mass is 370 g/mol. The van der Waals surface area contributed by atoms with Crippen molar-refractivity contribution in [2.45, 2.75) is 26.3 Å². The number of hydrogen-bond donors (Lipinski definition) is 0. The standard InChI is InChI=1S/C22H27FN2O2/c1-2-19-6-3-4-7-21(19)27-17-22(26)25-13-5-12-24(14-15-25)16-18-8-10-20(23)11-9-18/h3-4,6-11H,2,5,12-17H2,1H3. The van der Waals surface area contributed by atoms with Crippen LogP contribution >= 0.6 is 0 Å². The van der Waals surface area contributed by atoms with Gasteiger partial charge in [-0.05, 0) is 42.2 Å². The van der Waals surface area contributed by atoms with E-state index in [2.05, 4.69) is 11.8 Å². The van der Waals surface area contributed by atoms with Gasteiger partial charge in [-0.2, -0.15) is 0 Å². The van der Waals surface area contributed by atoms with Crippen LogP contribution in [0.25, 0.3) is 0 Å². The van der Waals surface area contributed by atoms with Crippen molar-refractivity contribution in [1.82, 2.24) is 9.80 Å². The van der Waals surface area contributed by atoms with Gasteiger partial charge in [0.1, 0.15) is 11.6 Å². The van der Waals surface area contributed by atoms with Crippen LogP contribution in [0, 0.1) is 5.82 Å². The number of aryl methyl sites for hydroxylation is 1. The number of carbonyl (C=O) groups excluding carboxylic acids is 1. The molecule has 3 rings (SSSR count). The van der Waals surface area contributed by atoms with E-state index >= 15 is 0 Å². The predicted octanol–water partition coefficient (Wildman–Crippen LogP) is 3.50. The van der Waals surface area contributed by atoms with Crippen molar-refractivity contribution in [2.24, 2.45) is 0 Å². The fraction of sp³-hybridized carbons (Fsp3) is 0.409. The summed E-state index contributed by atoms with van der Waals surface area (Å²) in [5.74, 6) is 0.613. The van der Waals surface area contributed by atoms with Gasteiger partial charge in [0.05, 0.1) is 0 Å². The van der Waals surface area contributed by atoms with Crippen molar-refractivity contribution in [3.8, 4) is 5.75 Å². The molecular weight excluding hydrogens is 343 g/mol. The number of nitrogens with zero attached hydrogens (tertiary/aromatic N) is 2. The summed E-state index contributed by atoms with van der Waals surface area (Å²) in [6, 6.07) is 14.5. The molecule has 2 aromatic rings. The Morgan fingerprint density at radius 3 is 2.59 bits per heavy atom. The van der Waals surface area contributed by atoms with Gasteiger partial charge in [0.15, 0.2) is 6.61 Å². The molecule has 4 nitrogen and oxygen atoms in total. The van der Waals surface area contributed by atoms with Crippen LogP contribution in [0.5, 0.6) is 5.75 Å². The minimum absolute atomic E-state index is 0.0320. The molecule has 0 N–H and O–H groups in total. The highest BCUT2D eigenvalue weighted by Crippen LogP contribution is 2.18. The van der Waals surface area contributed by atoms with Crippen molar-refractivity contribution in [2.75, 3.05) is 32.8 Å². The van der Waals surface area contributed by atoms with Crippen molar-refractivity contribution >= 4 is 5.91 Å². The molecule has 0 radical (unpaired) electrons. The number of amides is 1. The van der Waals surface area contributed by atoms with E-state index < -0.39 is 0 Å². The quantitative estimate of drug-likeness (QED) is 0.780. The fourth-order valence-corrected chi connectivity index (χ4v) is 3.39. The second kappa shape index (κ2) is 9.51. The molecule has 0 bridgehead atoms. The Kier molecular flexibility index (Phi) is 6.82. The van der Waals surface area contributed by atoms with Crippen LogP contribution in [0.2, 0.25) is 0 Å². The molecule has 5 heteroatoms. The van der Waals surface area contributed by atoms with E-state index in [4.69, 9.17) is 4.74 Å². The van der Waals surface area contributed by atoms with Gasteiger partial charge in [0, 0.05) is 32.7 Å². The average Bonchev–Trinajstić information content (AvgIpc) is 2.94. The third kappa shape index (κ3) is 5.54. The number of benzene rings is 2. The van der Waals surface area contributed by atoms with E-state index in [0.717, 1.165) is 55.9 Å². The molecule has 1 amide bonds. The van der Waals surface area contributed by atoms with Crippen LogP contribution < -0.4 is 4.74 Å². The summed E-state index contributed by atoms with van der Waals surface area (Å²) in [7, 11) is 0. The Morgan fingerprint density at radius 2 is 1.81 bits per heavy atom. The Hall–Kier alpha value is -2.40. The molecule has 0 atom stereocenters. The molecule has 0 aromatic heterocycles. The Bertz CT molecular complexity index is 748. The minimum Gasteiger partial charge on any atom is -0.483 e. The van der Waals surface area contributed by atoms with Crippen LogP contribution in [0.15, 0.2) is 48.5 Å². The summed E-state index contributed by atoms with van der Waals surface area (Å²) in [6.45, 7) is 6.12. The molecule has 2 aromatic carbocycles. The highest BCUT2D eigenvalue weighted by Gasteiger charge is 2.20. The van der Waals surface area contributed by atoms with E-state index in [0.29, 0.717) is 6.54 Å². The van der Waals surface area contributed by atoms with Gasteiger partial charge < -0.3 is 9.64 Å². The van der Waals surface area contributed by atoms with E-state index in [-0.39, 0.29) is 18.3 Å². The van der Waals surface area contributed by atoms with Crippen LogP contribution in [-0.2, 0) is 17.8 Å². The van der Waals surface area contributed by atoms with E-state index in [1.165, 1.54) is 12.1 Å². The van der Waals surface area contributed by atoms with Gasteiger partial charge >= 0.3 is 0 Å². The van der Waals surface area contributed by atoms with E-state index in [1.807, 2.05) is 41.3 Å². The summed E-state index contributed by atoms with van der Waals surface area (Å²) in [5.41, 5.74) is 2.21. The van der Waals surface area contributed by atoms with Crippen LogP contribution in [-0.4, -0.2) is 48.5 Å². The molecule has 1 aliphatic rings. The molecule has 0 aliphatic carbocycles. The number of carbonyl (C=O) groups is 1. The average molecular weight is 370 g/mol. The topological polar surface area (TPSA) is 32.8 Å². The van der Waals surface area contributed by atoms with Crippen molar-refractivity contribution in [3.05, 3.63) is 65.5 Å². The summed E-state index contributed by atoms with van der Waals surface area (Å²) < 4.78 is 18.8. The van der Waals surface area contributed by atoms with Crippen molar-refractivity contribution < 1.29 is 13.9 Å². The van der Waals surface area contributed by atoms with Gasteiger partial charge in [-0.3, -0.25) is 9.69 Å². The maximum atomic E-state index is 13.0.